The average molecular weight is 317 g/mol. The van der Waals surface area contributed by atoms with Crippen LogP contribution in [0.2, 0.25) is 0 Å². The summed E-state index contributed by atoms with van der Waals surface area (Å²) in [5, 5.41) is 9.01. The molecule has 0 spiro atoms. The highest BCUT2D eigenvalue weighted by molar-refractivity contribution is 5.65. The molecule has 2 rings (SSSR count). The summed E-state index contributed by atoms with van der Waals surface area (Å²) in [5.41, 5.74) is -0.812. The van der Waals surface area contributed by atoms with Crippen LogP contribution < -0.4 is 4.74 Å². The number of nitrogens with zero attached hydrogens (tertiary/aromatic N) is 1. The minimum atomic E-state index is -4.48. The smallest absolute Gasteiger partial charge is 0.419 e. The maximum absolute atomic E-state index is 12.9. The summed E-state index contributed by atoms with van der Waals surface area (Å²) in [4.78, 5) is 12.3. The number of amides is 1. The third-order valence-electron chi connectivity index (χ3n) is 3.90. The third kappa shape index (κ3) is 3.84. The van der Waals surface area contributed by atoms with Gasteiger partial charge in [-0.1, -0.05) is 12.1 Å². The van der Waals surface area contributed by atoms with Crippen LogP contribution in [0.15, 0.2) is 24.3 Å². The third-order valence-corrected chi connectivity index (χ3v) is 3.90. The van der Waals surface area contributed by atoms with Gasteiger partial charge in [0.25, 0.3) is 0 Å². The van der Waals surface area contributed by atoms with E-state index in [2.05, 4.69) is 0 Å². The highest BCUT2D eigenvalue weighted by atomic mass is 19.4. The number of carbonyl (C=O) groups is 1. The maximum atomic E-state index is 12.9. The van der Waals surface area contributed by atoms with Crippen molar-refractivity contribution in [1.29, 1.82) is 0 Å². The standard InChI is InChI=1S/C15H18F3NO3/c1-10(11-5-4-8-19(9-11)14(20)21)22-13-7-3-2-6-12(13)15(16,17)18/h2-3,6-7,10-11H,4-5,8-9H2,1H3,(H,20,21)/t10?,11-/m0/s1. The first kappa shape index (κ1) is 16.5. The van der Waals surface area contributed by atoms with Crippen LogP contribution in [-0.2, 0) is 6.18 Å². The van der Waals surface area contributed by atoms with E-state index >= 15 is 0 Å². The fourth-order valence-electron chi connectivity index (χ4n) is 2.67. The number of para-hydroxylation sites is 1. The zero-order valence-corrected chi connectivity index (χ0v) is 12.1. The minimum absolute atomic E-state index is 0.119. The second kappa shape index (κ2) is 6.46. The summed E-state index contributed by atoms with van der Waals surface area (Å²) in [6.45, 7) is 2.42. The number of carboxylic acid groups (broad SMARTS) is 1. The molecule has 1 unspecified atom stereocenters. The molecule has 7 heteroatoms. The van der Waals surface area contributed by atoms with Crippen molar-refractivity contribution in [3.63, 3.8) is 0 Å². The second-order valence-electron chi connectivity index (χ2n) is 5.45. The quantitative estimate of drug-likeness (QED) is 0.921. The van der Waals surface area contributed by atoms with Gasteiger partial charge in [-0.3, -0.25) is 0 Å². The molecule has 1 aliphatic heterocycles. The normalized spacial score (nSPS) is 20.5. The van der Waals surface area contributed by atoms with Crippen LogP contribution in [0.5, 0.6) is 5.75 Å². The van der Waals surface area contributed by atoms with Crippen LogP contribution in [0.25, 0.3) is 0 Å². The number of hydrogen-bond acceptors (Lipinski definition) is 2. The Bertz CT molecular complexity index is 533. The molecule has 1 aromatic carbocycles. The molecule has 122 valence electrons. The number of benzene rings is 1. The lowest BCUT2D eigenvalue weighted by Gasteiger charge is -2.34. The zero-order valence-electron chi connectivity index (χ0n) is 12.1. The molecule has 0 aromatic heterocycles. The summed E-state index contributed by atoms with van der Waals surface area (Å²) in [6, 6.07) is 5.07. The molecular weight excluding hydrogens is 299 g/mol. The van der Waals surface area contributed by atoms with Gasteiger partial charge < -0.3 is 14.7 Å². The largest absolute Gasteiger partial charge is 0.490 e. The summed E-state index contributed by atoms with van der Waals surface area (Å²) in [6.07, 6.45) is -4.56. The Morgan fingerprint density at radius 3 is 2.73 bits per heavy atom. The molecule has 1 aliphatic rings. The van der Waals surface area contributed by atoms with E-state index in [1.165, 1.54) is 23.1 Å². The topological polar surface area (TPSA) is 49.8 Å². The van der Waals surface area contributed by atoms with Crippen molar-refractivity contribution in [3.8, 4) is 5.75 Å². The van der Waals surface area contributed by atoms with E-state index in [1.807, 2.05) is 0 Å². The number of piperidine rings is 1. The molecule has 2 atom stereocenters. The van der Waals surface area contributed by atoms with E-state index in [1.54, 1.807) is 6.92 Å². The van der Waals surface area contributed by atoms with Gasteiger partial charge >= 0.3 is 12.3 Å². The van der Waals surface area contributed by atoms with Gasteiger partial charge in [0.2, 0.25) is 0 Å². The van der Waals surface area contributed by atoms with E-state index in [0.29, 0.717) is 13.0 Å². The highest BCUT2D eigenvalue weighted by Gasteiger charge is 2.35. The number of halogens is 3. The zero-order chi connectivity index (χ0) is 16.3. The van der Waals surface area contributed by atoms with Crippen molar-refractivity contribution >= 4 is 6.09 Å². The van der Waals surface area contributed by atoms with Crippen molar-refractivity contribution < 1.29 is 27.8 Å². The number of likely N-dealkylation sites (tertiary alicyclic amines) is 1. The van der Waals surface area contributed by atoms with Crippen molar-refractivity contribution in [1.82, 2.24) is 4.90 Å². The second-order valence-corrected chi connectivity index (χ2v) is 5.45. The van der Waals surface area contributed by atoms with Crippen LogP contribution in [0, 0.1) is 5.92 Å². The Balaban J connectivity index is 2.09. The van der Waals surface area contributed by atoms with Crippen LogP contribution in [0.1, 0.15) is 25.3 Å². The predicted octanol–water partition coefficient (Wildman–Crippen LogP) is 3.86. The molecule has 1 N–H and O–H groups in total. The van der Waals surface area contributed by atoms with E-state index in [9.17, 15) is 18.0 Å². The fourth-order valence-corrected chi connectivity index (χ4v) is 2.67. The Labute approximate surface area is 126 Å². The highest BCUT2D eigenvalue weighted by Crippen LogP contribution is 2.37. The monoisotopic (exact) mass is 317 g/mol. The Hall–Kier alpha value is -1.92. The van der Waals surface area contributed by atoms with Crippen LogP contribution in [0.4, 0.5) is 18.0 Å². The predicted molar refractivity (Wildman–Crippen MR) is 73.9 cm³/mol. The molecule has 0 aliphatic carbocycles. The van der Waals surface area contributed by atoms with Gasteiger partial charge in [0.1, 0.15) is 11.9 Å². The minimum Gasteiger partial charge on any atom is -0.490 e. The molecule has 22 heavy (non-hydrogen) atoms. The maximum Gasteiger partial charge on any atom is 0.419 e. The van der Waals surface area contributed by atoms with Crippen LogP contribution in [-0.4, -0.2) is 35.3 Å². The van der Waals surface area contributed by atoms with Crippen molar-refractivity contribution in [3.05, 3.63) is 29.8 Å². The first-order valence-corrected chi connectivity index (χ1v) is 7.10. The first-order chi connectivity index (χ1) is 10.3. The molecule has 0 radical (unpaired) electrons. The van der Waals surface area contributed by atoms with Crippen LogP contribution in [0.3, 0.4) is 0 Å². The SMILES string of the molecule is CC(Oc1ccccc1C(F)(F)F)[C@H]1CCCN(C(=O)O)C1. The van der Waals surface area contributed by atoms with Crippen LogP contribution >= 0.6 is 0 Å². The summed E-state index contributed by atoms with van der Waals surface area (Å²) in [7, 11) is 0. The molecule has 4 nitrogen and oxygen atoms in total. The Kier molecular flexibility index (Phi) is 4.83. The fraction of sp³-hybridized carbons (Fsp3) is 0.533. The number of ether oxygens (including phenoxy) is 1. The summed E-state index contributed by atoms with van der Waals surface area (Å²) >= 11 is 0. The molecule has 1 heterocycles. The van der Waals surface area contributed by atoms with Gasteiger partial charge in [-0.25, -0.2) is 4.79 Å². The molecule has 0 saturated carbocycles. The molecule has 1 aromatic rings. The van der Waals surface area contributed by atoms with Crippen molar-refractivity contribution in [2.75, 3.05) is 13.1 Å². The Morgan fingerprint density at radius 2 is 2.09 bits per heavy atom. The molecule has 1 amide bonds. The summed E-state index contributed by atoms with van der Waals surface area (Å²) < 4.78 is 44.3. The van der Waals surface area contributed by atoms with Gasteiger partial charge in [-0.15, -0.1) is 0 Å². The van der Waals surface area contributed by atoms with E-state index in [4.69, 9.17) is 9.84 Å². The van der Waals surface area contributed by atoms with E-state index in [-0.39, 0.29) is 18.2 Å². The van der Waals surface area contributed by atoms with E-state index < -0.39 is 23.9 Å². The summed E-state index contributed by atoms with van der Waals surface area (Å²) in [5.74, 6) is -0.332. The Morgan fingerprint density at radius 1 is 1.41 bits per heavy atom. The van der Waals surface area contributed by atoms with Gasteiger partial charge in [0, 0.05) is 19.0 Å². The van der Waals surface area contributed by atoms with Gasteiger partial charge in [-0.2, -0.15) is 13.2 Å². The van der Waals surface area contributed by atoms with Crippen molar-refractivity contribution in [2.45, 2.75) is 32.0 Å². The van der Waals surface area contributed by atoms with Crippen molar-refractivity contribution in [2.24, 2.45) is 5.92 Å². The van der Waals surface area contributed by atoms with Gasteiger partial charge in [0.05, 0.1) is 5.56 Å². The molecular formula is C15H18F3NO3. The number of hydrogen-bond donors (Lipinski definition) is 1. The average Bonchev–Trinajstić information content (AvgIpc) is 2.46. The lowest BCUT2D eigenvalue weighted by molar-refractivity contribution is -0.139. The van der Waals surface area contributed by atoms with E-state index in [0.717, 1.165) is 12.5 Å². The molecule has 1 saturated heterocycles. The molecule has 1 fully saturated rings. The lowest BCUT2D eigenvalue weighted by Crippen LogP contribution is -2.43. The lowest BCUT2D eigenvalue weighted by atomic mass is 9.93. The number of alkyl halides is 3. The first-order valence-electron chi connectivity index (χ1n) is 7.10. The van der Waals surface area contributed by atoms with Gasteiger partial charge in [0.15, 0.2) is 0 Å². The molecule has 0 bridgehead atoms. The van der Waals surface area contributed by atoms with Gasteiger partial charge in [-0.05, 0) is 31.9 Å². The number of rotatable bonds is 3.